The molecule has 4 heteroatoms. The molecule has 0 aromatic heterocycles. The number of carbonyl (C=O) groups is 1. The zero-order chi connectivity index (χ0) is 14.4. The molecule has 2 aromatic rings. The summed E-state index contributed by atoms with van der Waals surface area (Å²) in [6.45, 7) is 2.81. The lowest BCUT2D eigenvalue weighted by atomic mass is 10.2. The Hall–Kier alpha value is -2.36. The molecule has 1 amide bonds. The summed E-state index contributed by atoms with van der Waals surface area (Å²) in [5.41, 5.74) is 1.39. The van der Waals surface area contributed by atoms with Crippen LogP contribution in [0.5, 0.6) is 5.75 Å². The van der Waals surface area contributed by atoms with Gasteiger partial charge in [0.05, 0.1) is 6.61 Å². The summed E-state index contributed by atoms with van der Waals surface area (Å²) in [6, 6.07) is 13.0. The summed E-state index contributed by atoms with van der Waals surface area (Å²) in [4.78, 5) is 12.0. The van der Waals surface area contributed by atoms with Crippen molar-refractivity contribution in [2.45, 2.75) is 13.5 Å². The van der Waals surface area contributed by atoms with Crippen molar-refractivity contribution in [1.29, 1.82) is 0 Å². The standard InChI is InChI=1S/C16H16FNO2/c1-2-20-15-5-3-4-13(10-15)16(19)18-11-12-6-8-14(17)9-7-12/h3-10H,2,11H2,1H3,(H,18,19). The molecule has 0 heterocycles. The van der Waals surface area contributed by atoms with Gasteiger partial charge in [-0.2, -0.15) is 0 Å². The maximum absolute atomic E-state index is 12.8. The van der Waals surface area contributed by atoms with Gasteiger partial charge >= 0.3 is 0 Å². The van der Waals surface area contributed by atoms with E-state index in [1.54, 1.807) is 36.4 Å². The predicted molar refractivity (Wildman–Crippen MR) is 75.2 cm³/mol. The minimum atomic E-state index is -0.288. The van der Waals surface area contributed by atoms with E-state index in [0.717, 1.165) is 5.56 Å². The number of hydrogen-bond donors (Lipinski definition) is 1. The third kappa shape index (κ3) is 3.82. The van der Waals surface area contributed by atoms with E-state index in [4.69, 9.17) is 4.74 Å². The highest BCUT2D eigenvalue weighted by atomic mass is 19.1. The molecule has 0 atom stereocenters. The Labute approximate surface area is 117 Å². The quantitative estimate of drug-likeness (QED) is 0.908. The molecule has 3 nitrogen and oxygen atoms in total. The maximum Gasteiger partial charge on any atom is 0.251 e. The fourth-order valence-corrected chi connectivity index (χ4v) is 1.78. The predicted octanol–water partition coefficient (Wildman–Crippen LogP) is 3.15. The van der Waals surface area contributed by atoms with Crippen LogP contribution in [0.25, 0.3) is 0 Å². The minimum Gasteiger partial charge on any atom is -0.494 e. The van der Waals surface area contributed by atoms with Gasteiger partial charge in [0.25, 0.3) is 5.91 Å². The lowest BCUT2D eigenvalue weighted by molar-refractivity contribution is 0.0950. The second-order valence-electron chi connectivity index (χ2n) is 4.27. The summed E-state index contributed by atoms with van der Waals surface area (Å²) in [5, 5.41) is 2.79. The number of ether oxygens (including phenoxy) is 1. The van der Waals surface area contributed by atoms with Gasteiger partial charge in [0, 0.05) is 12.1 Å². The maximum atomic E-state index is 12.8. The lowest BCUT2D eigenvalue weighted by Gasteiger charge is -2.07. The van der Waals surface area contributed by atoms with Crippen LogP contribution in [0.4, 0.5) is 4.39 Å². The summed E-state index contributed by atoms with van der Waals surface area (Å²) >= 11 is 0. The molecule has 0 saturated carbocycles. The third-order valence-electron chi connectivity index (χ3n) is 2.77. The molecule has 0 saturated heterocycles. The highest BCUT2D eigenvalue weighted by Crippen LogP contribution is 2.13. The minimum absolute atomic E-state index is 0.184. The highest BCUT2D eigenvalue weighted by Gasteiger charge is 2.06. The van der Waals surface area contributed by atoms with Crippen LogP contribution in [-0.2, 0) is 6.54 Å². The van der Waals surface area contributed by atoms with Gasteiger partial charge in [0.1, 0.15) is 11.6 Å². The first kappa shape index (κ1) is 14.1. The molecule has 0 unspecified atom stereocenters. The number of benzene rings is 2. The summed E-state index contributed by atoms with van der Waals surface area (Å²) in [5.74, 6) is 0.197. The smallest absolute Gasteiger partial charge is 0.251 e. The van der Waals surface area contributed by atoms with Crippen molar-refractivity contribution >= 4 is 5.91 Å². The van der Waals surface area contributed by atoms with Crippen molar-refractivity contribution in [3.05, 3.63) is 65.5 Å². The lowest BCUT2D eigenvalue weighted by Crippen LogP contribution is -2.22. The molecule has 1 N–H and O–H groups in total. The van der Waals surface area contributed by atoms with E-state index >= 15 is 0 Å². The van der Waals surface area contributed by atoms with E-state index < -0.39 is 0 Å². The Morgan fingerprint density at radius 2 is 1.95 bits per heavy atom. The van der Waals surface area contributed by atoms with Crippen LogP contribution in [0.2, 0.25) is 0 Å². The number of hydrogen-bond acceptors (Lipinski definition) is 2. The van der Waals surface area contributed by atoms with Gasteiger partial charge in [-0.1, -0.05) is 18.2 Å². The Bertz CT molecular complexity index is 581. The molecule has 0 aliphatic heterocycles. The first-order valence-electron chi connectivity index (χ1n) is 6.44. The molecule has 2 rings (SSSR count). The van der Waals surface area contributed by atoms with Crippen molar-refractivity contribution in [2.75, 3.05) is 6.61 Å². The van der Waals surface area contributed by atoms with E-state index in [-0.39, 0.29) is 11.7 Å². The van der Waals surface area contributed by atoms with Crippen molar-refractivity contribution in [2.24, 2.45) is 0 Å². The van der Waals surface area contributed by atoms with Crippen LogP contribution < -0.4 is 10.1 Å². The van der Waals surface area contributed by atoms with Crippen molar-refractivity contribution in [3.63, 3.8) is 0 Å². The van der Waals surface area contributed by atoms with E-state index in [0.29, 0.717) is 24.5 Å². The van der Waals surface area contributed by atoms with Crippen LogP contribution in [0.15, 0.2) is 48.5 Å². The Balaban J connectivity index is 1.97. The van der Waals surface area contributed by atoms with Crippen LogP contribution >= 0.6 is 0 Å². The van der Waals surface area contributed by atoms with Crippen molar-refractivity contribution in [1.82, 2.24) is 5.32 Å². The molecule has 0 radical (unpaired) electrons. The van der Waals surface area contributed by atoms with Gasteiger partial charge in [-0.15, -0.1) is 0 Å². The number of amides is 1. The van der Waals surface area contributed by atoms with Crippen LogP contribution in [0.3, 0.4) is 0 Å². The average molecular weight is 273 g/mol. The second kappa shape index (κ2) is 6.70. The number of nitrogens with one attached hydrogen (secondary N) is 1. The first-order chi connectivity index (χ1) is 9.69. The number of carbonyl (C=O) groups excluding carboxylic acids is 1. The van der Waals surface area contributed by atoms with Crippen LogP contribution in [0.1, 0.15) is 22.8 Å². The summed E-state index contributed by atoms with van der Waals surface area (Å²) < 4.78 is 18.1. The van der Waals surface area contributed by atoms with E-state index in [1.165, 1.54) is 12.1 Å². The molecule has 0 bridgehead atoms. The molecular weight excluding hydrogens is 257 g/mol. The van der Waals surface area contributed by atoms with E-state index in [1.807, 2.05) is 6.92 Å². The molecular formula is C16H16FNO2. The summed E-state index contributed by atoms with van der Waals surface area (Å²) in [6.07, 6.45) is 0. The Morgan fingerprint density at radius 3 is 2.65 bits per heavy atom. The largest absolute Gasteiger partial charge is 0.494 e. The number of rotatable bonds is 5. The molecule has 2 aromatic carbocycles. The van der Waals surface area contributed by atoms with Crippen molar-refractivity contribution < 1.29 is 13.9 Å². The van der Waals surface area contributed by atoms with E-state index in [2.05, 4.69) is 5.32 Å². The zero-order valence-electron chi connectivity index (χ0n) is 11.2. The van der Waals surface area contributed by atoms with Crippen molar-refractivity contribution in [3.8, 4) is 5.75 Å². The monoisotopic (exact) mass is 273 g/mol. The topological polar surface area (TPSA) is 38.3 Å². The molecule has 0 aliphatic carbocycles. The van der Waals surface area contributed by atoms with Crippen LogP contribution in [-0.4, -0.2) is 12.5 Å². The molecule has 0 spiro atoms. The molecule has 104 valence electrons. The van der Waals surface area contributed by atoms with Gasteiger partial charge in [-0.05, 0) is 42.8 Å². The zero-order valence-corrected chi connectivity index (χ0v) is 11.2. The fourth-order valence-electron chi connectivity index (χ4n) is 1.78. The van der Waals surface area contributed by atoms with Crippen LogP contribution in [0, 0.1) is 5.82 Å². The normalized spacial score (nSPS) is 10.1. The van der Waals surface area contributed by atoms with E-state index in [9.17, 15) is 9.18 Å². The van der Waals surface area contributed by atoms with Gasteiger partial charge < -0.3 is 10.1 Å². The average Bonchev–Trinajstić information content (AvgIpc) is 2.47. The summed E-state index contributed by atoms with van der Waals surface area (Å²) in [7, 11) is 0. The van der Waals surface area contributed by atoms with Gasteiger partial charge in [-0.25, -0.2) is 4.39 Å². The second-order valence-corrected chi connectivity index (χ2v) is 4.27. The third-order valence-corrected chi connectivity index (χ3v) is 2.77. The van der Waals surface area contributed by atoms with Gasteiger partial charge in [0.15, 0.2) is 0 Å². The molecule has 0 aliphatic rings. The van der Waals surface area contributed by atoms with Gasteiger partial charge in [0.2, 0.25) is 0 Å². The first-order valence-corrected chi connectivity index (χ1v) is 6.44. The fraction of sp³-hybridized carbons (Fsp3) is 0.188. The highest BCUT2D eigenvalue weighted by molar-refractivity contribution is 5.94. The SMILES string of the molecule is CCOc1cccc(C(=O)NCc2ccc(F)cc2)c1. The van der Waals surface area contributed by atoms with Gasteiger partial charge in [-0.3, -0.25) is 4.79 Å². The Morgan fingerprint density at radius 1 is 1.20 bits per heavy atom. The molecule has 0 fully saturated rings. The Kier molecular flexibility index (Phi) is 4.71. The number of halogens is 1. The molecule has 20 heavy (non-hydrogen) atoms.